The van der Waals surface area contributed by atoms with E-state index in [0.29, 0.717) is 11.3 Å². The summed E-state index contributed by atoms with van der Waals surface area (Å²) in [6.45, 7) is 2.74. The molecule has 0 saturated heterocycles. The van der Waals surface area contributed by atoms with E-state index in [1.807, 2.05) is 0 Å². The number of carbonyl (C=O) groups is 3. The van der Waals surface area contributed by atoms with E-state index in [9.17, 15) is 22.8 Å². The summed E-state index contributed by atoms with van der Waals surface area (Å²) in [5, 5.41) is 7.43. The monoisotopic (exact) mass is 424 g/mol. The second-order valence-electron chi connectivity index (χ2n) is 5.86. The molecule has 3 N–H and O–H groups in total. The van der Waals surface area contributed by atoms with Crippen LogP contribution in [0, 0.1) is 0 Å². The SMILES string of the molecule is CC(=O)c1cccc(NC(=O)[C@H](C)OC(=O)c2ccc(Cl)c(S(N)(=O)=O)c2)c1. The first-order valence-electron chi connectivity index (χ1n) is 7.94. The molecular weight excluding hydrogens is 408 g/mol. The number of primary sulfonamides is 1. The summed E-state index contributed by atoms with van der Waals surface area (Å²) in [5.74, 6) is -1.72. The van der Waals surface area contributed by atoms with E-state index in [2.05, 4.69) is 5.32 Å². The van der Waals surface area contributed by atoms with Gasteiger partial charge in [0.05, 0.1) is 10.6 Å². The number of rotatable bonds is 6. The van der Waals surface area contributed by atoms with Gasteiger partial charge >= 0.3 is 5.97 Å². The van der Waals surface area contributed by atoms with Gasteiger partial charge in [-0.3, -0.25) is 9.59 Å². The highest BCUT2D eigenvalue weighted by molar-refractivity contribution is 7.89. The van der Waals surface area contributed by atoms with Crippen molar-refractivity contribution in [3.05, 3.63) is 58.6 Å². The number of hydrogen-bond acceptors (Lipinski definition) is 6. The predicted molar refractivity (Wildman–Crippen MR) is 103 cm³/mol. The molecule has 0 heterocycles. The Morgan fingerprint density at radius 1 is 1.11 bits per heavy atom. The number of esters is 1. The number of benzene rings is 2. The van der Waals surface area contributed by atoms with Crippen LogP contribution in [-0.4, -0.2) is 32.2 Å². The summed E-state index contributed by atoms with van der Waals surface area (Å²) in [4.78, 5) is 35.4. The number of hydrogen-bond donors (Lipinski definition) is 2. The minimum atomic E-state index is -4.13. The molecule has 0 aliphatic carbocycles. The van der Waals surface area contributed by atoms with Gasteiger partial charge in [-0.1, -0.05) is 23.7 Å². The zero-order valence-corrected chi connectivity index (χ0v) is 16.5. The largest absolute Gasteiger partial charge is 0.449 e. The maximum absolute atomic E-state index is 12.2. The van der Waals surface area contributed by atoms with Gasteiger partial charge in [0.2, 0.25) is 10.0 Å². The Kier molecular flexibility index (Phi) is 6.55. The van der Waals surface area contributed by atoms with Crippen molar-refractivity contribution in [2.75, 3.05) is 5.32 Å². The van der Waals surface area contributed by atoms with Crippen molar-refractivity contribution in [1.82, 2.24) is 0 Å². The van der Waals surface area contributed by atoms with Gasteiger partial charge in [-0.25, -0.2) is 18.4 Å². The quantitative estimate of drug-likeness (QED) is 0.540. The van der Waals surface area contributed by atoms with Crippen molar-refractivity contribution < 1.29 is 27.5 Å². The zero-order chi connectivity index (χ0) is 21.1. The van der Waals surface area contributed by atoms with Crippen LogP contribution >= 0.6 is 11.6 Å². The van der Waals surface area contributed by atoms with Crippen LogP contribution in [-0.2, 0) is 19.6 Å². The van der Waals surface area contributed by atoms with E-state index in [1.54, 1.807) is 18.2 Å². The maximum atomic E-state index is 12.2. The smallest absolute Gasteiger partial charge is 0.338 e. The van der Waals surface area contributed by atoms with Gasteiger partial charge in [-0.05, 0) is 44.2 Å². The van der Waals surface area contributed by atoms with Crippen molar-refractivity contribution in [2.45, 2.75) is 24.8 Å². The molecule has 0 aromatic heterocycles. The number of nitrogens with two attached hydrogens (primary N) is 1. The number of nitrogens with one attached hydrogen (secondary N) is 1. The highest BCUT2D eigenvalue weighted by Crippen LogP contribution is 2.22. The number of sulfonamides is 1. The number of amides is 1. The molecule has 0 unspecified atom stereocenters. The summed E-state index contributed by atoms with van der Waals surface area (Å²) >= 11 is 5.77. The van der Waals surface area contributed by atoms with Gasteiger partial charge in [0.15, 0.2) is 11.9 Å². The Labute approximate surface area is 166 Å². The highest BCUT2D eigenvalue weighted by atomic mass is 35.5. The van der Waals surface area contributed by atoms with E-state index >= 15 is 0 Å². The fourth-order valence-corrected chi connectivity index (χ4v) is 3.26. The van der Waals surface area contributed by atoms with E-state index in [4.69, 9.17) is 21.5 Å². The molecule has 2 aromatic carbocycles. The Morgan fingerprint density at radius 2 is 1.79 bits per heavy atom. The standard InChI is InChI=1S/C18H17ClN2O6S/c1-10(22)12-4-3-5-14(8-12)21-17(23)11(2)27-18(24)13-6-7-15(19)16(9-13)28(20,25)26/h3-9,11H,1-2H3,(H,21,23)(H2,20,25,26)/t11-/m0/s1. The lowest BCUT2D eigenvalue weighted by Gasteiger charge is -2.14. The summed E-state index contributed by atoms with van der Waals surface area (Å²) in [7, 11) is -4.13. The Bertz CT molecular complexity index is 1050. The molecule has 148 valence electrons. The number of carbonyl (C=O) groups excluding carboxylic acids is 3. The summed E-state index contributed by atoms with van der Waals surface area (Å²) in [6.07, 6.45) is -1.19. The minimum Gasteiger partial charge on any atom is -0.449 e. The molecule has 0 bridgehead atoms. The third kappa shape index (κ3) is 5.38. The topological polar surface area (TPSA) is 133 Å². The van der Waals surface area contributed by atoms with Crippen LogP contribution in [0.15, 0.2) is 47.4 Å². The van der Waals surface area contributed by atoms with E-state index < -0.39 is 32.9 Å². The molecular formula is C18H17ClN2O6S. The molecule has 0 aliphatic heterocycles. The predicted octanol–water partition coefficient (Wildman–Crippen LogP) is 2.37. The van der Waals surface area contributed by atoms with Gasteiger partial charge in [0, 0.05) is 11.3 Å². The third-order valence-corrected chi connectivity index (χ3v) is 5.06. The fraction of sp³-hybridized carbons (Fsp3) is 0.167. The van der Waals surface area contributed by atoms with Crippen LogP contribution < -0.4 is 10.5 Å². The third-order valence-electron chi connectivity index (χ3n) is 3.66. The minimum absolute atomic E-state index is 0.133. The van der Waals surface area contributed by atoms with E-state index in [0.717, 1.165) is 6.07 Å². The molecule has 1 amide bonds. The van der Waals surface area contributed by atoms with Gasteiger partial charge in [-0.15, -0.1) is 0 Å². The summed E-state index contributed by atoms with van der Waals surface area (Å²) in [6, 6.07) is 9.69. The van der Waals surface area contributed by atoms with Crippen molar-refractivity contribution in [3.8, 4) is 0 Å². The molecule has 2 rings (SSSR count). The number of ketones is 1. The van der Waals surface area contributed by atoms with E-state index in [-0.39, 0.29) is 16.4 Å². The Morgan fingerprint density at radius 3 is 2.39 bits per heavy atom. The average molecular weight is 425 g/mol. The maximum Gasteiger partial charge on any atom is 0.338 e. The van der Waals surface area contributed by atoms with Crippen LogP contribution in [0.2, 0.25) is 5.02 Å². The Balaban J connectivity index is 2.11. The molecule has 28 heavy (non-hydrogen) atoms. The molecule has 2 aromatic rings. The highest BCUT2D eigenvalue weighted by Gasteiger charge is 2.22. The van der Waals surface area contributed by atoms with Gasteiger partial charge in [0.25, 0.3) is 5.91 Å². The second kappa shape index (κ2) is 8.51. The first-order valence-corrected chi connectivity index (χ1v) is 9.86. The normalized spacial score (nSPS) is 12.1. The van der Waals surface area contributed by atoms with Crippen LogP contribution in [0.4, 0.5) is 5.69 Å². The number of halogens is 1. The Hall–Kier alpha value is -2.75. The van der Waals surface area contributed by atoms with Crippen molar-refractivity contribution in [1.29, 1.82) is 0 Å². The first kappa shape index (κ1) is 21.5. The molecule has 0 spiro atoms. The average Bonchev–Trinajstić information content (AvgIpc) is 2.61. The van der Waals surface area contributed by atoms with Gasteiger partial charge < -0.3 is 10.1 Å². The van der Waals surface area contributed by atoms with Crippen LogP contribution in [0.3, 0.4) is 0 Å². The number of Topliss-reactive ketones (excluding diaryl/α,β-unsaturated/α-hetero) is 1. The molecule has 0 saturated carbocycles. The lowest BCUT2D eigenvalue weighted by molar-refractivity contribution is -0.123. The van der Waals surface area contributed by atoms with Crippen LogP contribution in [0.25, 0.3) is 0 Å². The van der Waals surface area contributed by atoms with Gasteiger partial charge in [0.1, 0.15) is 4.90 Å². The summed E-state index contributed by atoms with van der Waals surface area (Å²) < 4.78 is 28.0. The molecule has 0 fully saturated rings. The summed E-state index contributed by atoms with van der Waals surface area (Å²) in [5.41, 5.74) is 0.648. The van der Waals surface area contributed by atoms with Crippen molar-refractivity contribution in [3.63, 3.8) is 0 Å². The first-order chi connectivity index (χ1) is 13.0. The lowest BCUT2D eigenvalue weighted by atomic mass is 10.1. The number of anilines is 1. The van der Waals surface area contributed by atoms with E-state index in [1.165, 1.54) is 32.0 Å². The van der Waals surface area contributed by atoms with Gasteiger partial charge in [-0.2, -0.15) is 0 Å². The number of ether oxygens (including phenoxy) is 1. The molecule has 0 aliphatic rings. The zero-order valence-electron chi connectivity index (χ0n) is 14.9. The molecule has 10 heteroatoms. The molecule has 0 radical (unpaired) electrons. The van der Waals surface area contributed by atoms with Crippen LogP contribution in [0.5, 0.6) is 0 Å². The van der Waals surface area contributed by atoms with Crippen molar-refractivity contribution >= 4 is 45.0 Å². The fourth-order valence-electron chi connectivity index (χ4n) is 2.19. The second-order valence-corrected chi connectivity index (χ2v) is 7.80. The lowest BCUT2D eigenvalue weighted by Crippen LogP contribution is -2.30. The molecule has 1 atom stereocenters. The van der Waals surface area contributed by atoms with Crippen molar-refractivity contribution in [2.24, 2.45) is 5.14 Å². The van der Waals surface area contributed by atoms with Crippen LogP contribution in [0.1, 0.15) is 34.6 Å². The molecule has 8 nitrogen and oxygen atoms in total.